The molecule has 0 fully saturated rings. The maximum absolute atomic E-state index is 4.90. The van der Waals surface area contributed by atoms with Crippen LogP contribution >= 0.6 is 0 Å². The molecule has 0 amide bonds. The molecule has 0 spiro atoms. The van der Waals surface area contributed by atoms with E-state index < -0.39 is 0 Å². The van der Waals surface area contributed by atoms with Gasteiger partial charge in [-0.1, -0.05) is 99.6 Å². The van der Waals surface area contributed by atoms with E-state index in [0.717, 1.165) is 57.1 Å². The lowest BCUT2D eigenvalue weighted by Gasteiger charge is -2.10. The molecule has 2 heterocycles. The lowest BCUT2D eigenvalue weighted by molar-refractivity contribution is 1.00. The van der Waals surface area contributed by atoms with E-state index in [9.17, 15) is 0 Å². The number of fused-ring (bicyclic) bond motifs is 2. The van der Waals surface area contributed by atoms with E-state index in [1.54, 1.807) is 0 Å². The second-order valence-corrected chi connectivity index (χ2v) is 9.47. The number of aryl methyl sites for hydroxylation is 2. The Morgan fingerprint density at radius 1 is 0.537 bits per heavy atom. The predicted molar refractivity (Wildman–Crippen MR) is 173 cm³/mol. The van der Waals surface area contributed by atoms with E-state index in [1.165, 1.54) is 5.56 Å². The van der Waals surface area contributed by atoms with Gasteiger partial charge in [0.2, 0.25) is 0 Å². The molecule has 204 valence electrons. The Hall–Kier alpha value is -4.96. The fraction of sp³-hybridized carbons (Fsp3) is 0.135. The van der Waals surface area contributed by atoms with Crippen molar-refractivity contribution in [3.8, 4) is 22.8 Å². The van der Waals surface area contributed by atoms with Gasteiger partial charge in [-0.05, 0) is 73.5 Å². The third-order valence-corrected chi connectivity index (χ3v) is 6.91. The number of hydrogen-bond donors (Lipinski definition) is 0. The van der Waals surface area contributed by atoms with Gasteiger partial charge < -0.3 is 0 Å². The van der Waals surface area contributed by atoms with Crippen molar-refractivity contribution in [3.63, 3.8) is 0 Å². The average molecular weight is 537 g/mol. The standard InChI is InChI=1S/C21H18N2.C14H12N2.C2H6/c1-2-16-9-8-10-17(15-16)21-22-19-13-6-7-14-20(19)23(21)18-11-4-3-5-12-18;1-11-15-13-9-5-6-10-14(13)16(11)12-7-3-2-4-8-12;1-2/h3-15H,2H2,1H3;2-10H,1H3;1-2H3. The molecular weight excluding hydrogens is 500 g/mol. The maximum atomic E-state index is 4.90. The van der Waals surface area contributed by atoms with E-state index in [4.69, 9.17) is 4.98 Å². The van der Waals surface area contributed by atoms with Gasteiger partial charge in [-0.2, -0.15) is 0 Å². The molecular formula is C37H36N4. The maximum Gasteiger partial charge on any atom is 0.145 e. The fourth-order valence-corrected chi connectivity index (χ4v) is 5.04. The van der Waals surface area contributed by atoms with E-state index in [2.05, 4.69) is 106 Å². The Kier molecular flexibility index (Phi) is 8.70. The normalized spacial score (nSPS) is 10.5. The van der Waals surface area contributed by atoms with Crippen molar-refractivity contribution in [1.82, 2.24) is 19.1 Å². The van der Waals surface area contributed by atoms with Crippen LogP contribution < -0.4 is 0 Å². The van der Waals surface area contributed by atoms with Crippen LogP contribution in [0.4, 0.5) is 0 Å². The lowest BCUT2D eigenvalue weighted by Crippen LogP contribution is -1.97. The van der Waals surface area contributed by atoms with Gasteiger partial charge in [0, 0.05) is 16.9 Å². The zero-order chi connectivity index (χ0) is 28.6. The van der Waals surface area contributed by atoms with Gasteiger partial charge in [0.1, 0.15) is 11.6 Å². The fourth-order valence-electron chi connectivity index (χ4n) is 5.04. The van der Waals surface area contributed by atoms with Gasteiger partial charge in [0.15, 0.2) is 0 Å². The molecule has 2 aromatic heterocycles. The molecule has 0 bridgehead atoms. The van der Waals surface area contributed by atoms with Crippen molar-refractivity contribution in [3.05, 3.63) is 145 Å². The molecule has 0 aliphatic heterocycles. The zero-order valence-electron chi connectivity index (χ0n) is 24.2. The van der Waals surface area contributed by atoms with E-state index >= 15 is 0 Å². The van der Waals surface area contributed by atoms with Crippen LogP contribution in [0.15, 0.2) is 133 Å². The summed E-state index contributed by atoms with van der Waals surface area (Å²) in [6.45, 7) is 8.21. The minimum absolute atomic E-state index is 0.993. The van der Waals surface area contributed by atoms with Crippen LogP contribution in [0.25, 0.3) is 44.8 Å². The molecule has 7 aromatic rings. The topological polar surface area (TPSA) is 35.6 Å². The lowest BCUT2D eigenvalue weighted by atomic mass is 10.1. The highest BCUT2D eigenvalue weighted by atomic mass is 15.1. The number of nitrogens with zero attached hydrogens (tertiary/aromatic N) is 4. The smallest absolute Gasteiger partial charge is 0.145 e. The zero-order valence-corrected chi connectivity index (χ0v) is 24.2. The van der Waals surface area contributed by atoms with Crippen molar-refractivity contribution in [2.45, 2.75) is 34.1 Å². The summed E-state index contributed by atoms with van der Waals surface area (Å²) in [6, 6.07) is 45.9. The molecule has 0 aliphatic carbocycles. The third-order valence-electron chi connectivity index (χ3n) is 6.91. The van der Waals surface area contributed by atoms with Crippen LogP contribution in [0.5, 0.6) is 0 Å². The number of imidazole rings is 2. The molecule has 0 aliphatic rings. The van der Waals surface area contributed by atoms with Crippen LogP contribution in [0.2, 0.25) is 0 Å². The van der Waals surface area contributed by atoms with Crippen LogP contribution in [-0.4, -0.2) is 19.1 Å². The summed E-state index contributed by atoms with van der Waals surface area (Å²) in [5, 5.41) is 0. The molecule has 0 radical (unpaired) electrons. The van der Waals surface area contributed by atoms with Gasteiger partial charge in [0.05, 0.1) is 22.1 Å². The first-order valence-electron chi connectivity index (χ1n) is 14.3. The number of para-hydroxylation sites is 6. The van der Waals surface area contributed by atoms with Gasteiger partial charge in [-0.3, -0.25) is 9.13 Å². The summed E-state index contributed by atoms with van der Waals surface area (Å²) in [5.41, 5.74) is 9.14. The molecule has 0 saturated carbocycles. The van der Waals surface area contributed by atoms with Crippen LogP contribution in [0.1, 0.15) is 32.2 Å². The highest BCUT2D eigenvalue weighted by molar-refractivity contribution is 5.83. The first-order chi connectivity index (χ1) is 20.2. The molecule has 0 atom stereocenters. The van der Waals surface area contributed by atoms with Crippen molar-refractivity contribution in [1.29, 1.82) is 0 Å². The molecule has 4 heteroatoms. The third kappa shape index (κ3) is 5.82. The van der Waals surface area contributed by atoms with E-state index in [1.807, 2.05) is 69.3 Å². The second kappa shape index (κ2) is 12.9. The largest absolute Gasteiger partial charge is 0.297 e. The average Bonchev–Trinajstić information content (AvgIpc) is 3.60. The van der Waals surface area contributed by atoms with Gasteiger partial charge in [0.25, 0.3) is 0 Å². The summed E-state index contributed by atoms with van der Waals surface area (Å²) in [5.74, 6) is 2.01. The Bertz CT molecular complexity index is 1850. The van der Waals surface area contributed by atoms with Gasteiger partial charge in [-0.15, -0.1) is 0 Å². The highest BCUT2D eigenvalue weighted by Gasteiger charge is 2.14. The summed E-state index contributed by atoms with van der Waals surface area (Å²) in [4.78, 5) is 9.45. The van der Waals surface area contributed by atoms with Crippen LogP contribution in [0, 0.1) is 6.92 Å². The number of rotatable bonds is 4. The monoisotopic (exact) mass is 536 g/mol. The second-order valence-electron chi connectivity index (χ2n) is 9.47. The molecule has 41 heavy (non-hydrogen) atoms. The van der Waals surface area contributed by atoms with E-state index in [0.29, 0.717) is 0 Å². The highest BCUT2D eigenvalue weighted by Crippen LogP contribution is 2.29. The number of aromatic nitrogens is 4. The summed E-state index contributed by atoms with van der Waals surface area (Å²) < 4.78 is 4.42. The van der Waals surface area contributed by atoms with Gasteiger partial charge in [-0.25, -0.2) is 9.97 Å². The summed E-state index contributed by atoms with van der Waals surface area (Å²) in [7, 11) is 0. The predicted octanol–water partition coefficient (Wildman–Crippen LogP) is 9.62. The SMILES string of the molecule is CC.CCc1cccc(-c2nc3ccccc3n2-c2ccccc2)c1.Cc1nc2ccccc2n1-c1ccccc1. The van der Waals surface area contributed by atoms with Crippen molar-refractivity contribution in [2.24, 2.45) is 0 Å². The number of benzene rings is 5. The molecule has 0 N–H and O–H groups in total. The van der Waals surface area contributed by atoms with Crippen LogP contribution in [0.3, 0.4) is 0 Å². The Morgan fingerprint density at radius 2 is 1.05 bits per heavy atom. The Labute approximate surface area is 242 Å². The number of hydrogen-bond acceptors (Lipinski definition) is 2. The Balaban J connectivity index is 0.000000164. The molecule has 4 nitrogen and oxygen atoms in total. The molecule has 0 saturated heterocycles. The van der Waals surface area contributed by atoms with Crippen molar-refractivity contribution >= 4 is 22.1 Å². The minimum atomic E-state index is 0.993. The minimum Gasteiger partial charge on any atom is -0.297 e. The Morgan fingerprint density at radius 3 is 1.66 bits per heavy atom. The first-order valence-corrected chi connectivity index (χ1v) is 14.3. The molecule has 5 aromatic carbocycles. The quantitative estimate of drug-likeness (QED) is 0.224. The molecule has 7 rings (SSSR count). The summed E-state index contributed by atoms with van der Waals surface area (Å²) >= 11 is 0. The summed E-state index contributed by atoms with van der Waals surface area (Å²) in [6.07, 6.45) is 1.03. The van der Waals surface area contributed by atoms with E-state index in [-0.39, 0.29) is 0 Å². The first kappa shape index (κ1) is 27.6. The van der Waals surface area contributed by atoms with Crippen molar-refractivity contribution < 1.29 is 0 Å². The van der Waals surface area contributed by atoms with Crippen LogP contribution in [-0.2, 0) is 6.42 Å². The molecule has 0 unspecified atom stereocenters. The van der Waals surface area contributed by atoms with Crippen molar-refractivity contribution in [2.75, 3.05) is 0 Å². The van der Waals surface area contributed by atoms with Gasteiger partial charge >= 0.3 is 0 Å².